The predicted molar refractivity (Wildman–Crippen MR) is 109 cm³/mol. The molecule has 28 heavy (non-hydrogen) atoms. The fourth-order valence-corrected chi connectivity index (χ4v) is 2.67. The van der Waals surface area contributed by atoms with Gasteiger partial charge in [0.2, 0.25) is 5.95 Å². The molecule has 0 fully saturated rings. The summed E-state index contributed by atoms with van der Waals surface area (Å²) in [5.74, 6) is 0.212. The van der Waals surface area contributed by atoms with Gasteiger partial charge in [0.25, 0.3) is 5.91 Å². The van der Waals surface area contributed by atoms with Gasteiger partial charge in [0.15, 0.2) is 5.78 Å². The Bertz CT molecular complexity index is 923. The van der Waals surface area contributed by atoms with Crippen molar-refractivity contribution in [1.29, 1.82) is 0 Å². The van der Waals surface area contributed by atoms with E-state index < -0.39 is 0 Å². The Kier molecular flexibility index (Phi) is 6.46. The van der Waals surface area contributed by atoms with Gasteiger partial charge in [-0.2, -0.15) is 0 Å². The molecule has 6 heteroatoms. The van der Waals surface area contributed by atoms with Crippen LogP contribution < -0.4 is 10.6 Å². The molecule has 0 spiro atoms. The lowest BCUT2D eigenvalue weighted by atomic mass is 10.1. The van der Waals surface area contributed by atoms with E-state index in [9.17, 15) is 9.59 Å². The van der Waals surface area contributed by atoms with Crippen LogP contribution in [-0.2, 0) is 6.42 Å². The number of hydrogen-bond acceptors (Lipinski definition) is 5. The lowest BCUT2D eigenvalue weighted by Gasteiger charge is -2.07. The molecular weight excluding hydrogens is 352 g/mol. The summed E-state index contributed by atoms with van der Waals surface area (Å²) in [6.07, 6.45) is 4.77. The summed E-state index contributed by atoms with van der Waals surface area (Å²) in [6, 6.07) is 17.2. The second-order valence-electron chi connectivity index (χ2n) is 6.40. The van der Waals surface area contributed by atoms with Gasteiger partial charge in [-0.05, 0) is 49.6 Å². The van der Waals surface area contributed by atoms with Gasteiger partial charge in [0.1, 0.15) is 0 Å². The number of anilines is 2. The third kappa shape index (κ3) is 5.48. The maximum absolute atomic E-state index is 12.2. The molecule has 0 aliphatic rings. The van der Waals surface area contributed by atoms with Crippen LogP contribution >= 0.6 is 0 Å². The molecule has 1 heterocycles. The van der Waals surface area contributed by atoms with Crippen LogP contribution in [0.4, 0.5) is 11.6 Å². The minimum atomic E-state index is -0.189. The van der Waals surface area contributed by atoms with Crippen molar-refractivity contribution in [2.75, 3.05) is 11.9 Å². The zero-order valence-electron chi connectivity index (χ0n) is 15.7. The summed E-state index contributed by atoms with van der Waals surface area (Å²) in [7, 11) is 0. The van der Waals surface area contributed by atoms with E-state index in [0.29, 0.717) is 23.6 Å². The highest BCUT2D eigenvalue weighted by Crippen LogP contribution is 2.14. The van der Waals surface area contributed by atoms with Crippen LogP contribution in [0, 0.1) is 0 Å². The van der Waals surface area contributed by atoms with Crippen LogP contribution in [0.2, 0.25) is 0 Å². The van der Waals surface area contributed by atoms with Gasteiger partial charge >= 0.3 is 0 Å². The summed E-state index contributed by atoms with van der Waals surface area (Å²) in [5, 5.41) is 5.93. The third-order valence-electron chi connectivity index (χ3n) is 4.23. The van der Waals surface area contributed by atoms with Crippen molar-refractivity contribution in [3.05, 3.63) is 83.7 Å². The highest BCUT2D eigenvalue weighted by Gasteiger charge is 2.07. The van der Waals surface area contributed by atoms with Gasteiger partial charge in [-0.1, -0.05) is 30.3 Å². The number of nitrogens with zero attached hydrogens (tertiary/aromatic N) is 2. The Morgan fingerprint density at radius 2 is 1.57 bits per heavy atom. The summed E-state index contributed by atoms with van der Waals surface area (Å²) < 4.78 is 0. The van der Waals surface area contributed by atoms with Crippen molar-refractivity contribution in [1.82, 2.24) is 15.3 Å². The molecule has 142 valence electrons. The van der Waals surface area contributed by atoms with Crippen LogP contribution in [-0.4, -0.2) is 28.2 Å². The highest BCUT2D eigenvalue weighted by atomic mass is 16.1. The number of aryl methyl sites for hydroxylation is 1. The zero-order chi connectivity index (χ0) is 19.8. The number of aromatic nitrogens is 2. The summed E-state index contributed by atoms with van der Waals surface area (Å²) >= 11 is 0. The largest absolute Gasteiger partial charge is 0.352 e. The van der Waals surface area contributed by atoms with Crippen molar-refractivity contribution >= 4 is 23.3 Å². The smallest absolute Gasteiger partial charge is 0.254 e. The average molecular weight is 374 g/mol. The monoisotopic (exact) mass is 374 g/mol. The molecule has 0 saturated heterocycles. The molecule has 0 aliphatic carbocycles. The average Bonchev–Trinajstić information content (AvgIpc) is 2.73. The highest BCUT2D eigenvalue weighted by molar-refractivity contribution is 5.94. The molecule has 3 rings (SSSR count). The molecule has 0 atom stereocenters. The number of benzene rings is 2. The topological polar surface area (TPSA) is 84.0 Å². The van der Waals surface area contributed by atoms with Crippen LogP contribution in [0.5, 0.6) is 0 Å². The maximum Gasteiger partial charge on any atom is 0.254 e. The van der Waals surface area contributed by atoms with Crippen molar-refractivity contribution in [3.8, 4) is 0 Å². The molecule has 0 aliphatic heterocycles. The van der Waals surface area contributed by atoms with E-state index in [2.05, 4.69) is 32.7 Å². The molecule has 0 unspecified atom stereocenters. The molecule has 1 amide bonds. The first-order valence-electron chi connectivity index (χ1n) is 9.14. The Hall–Kier alpha value is -3.54. The zero-order valence-corrected chi connectivity index (χ0v) is 15.7. The SMILES string of the molecule is CC(=O)c1ccc(Nc2ncc(C(=O)NCCCc3ccccc3)cn2)cc1. The minimum Gasteiger partial charge on any atom is -0.352 e. The minimum absolute atomic E-state index is 0.0157. The quantitative estimate of drug-likeness (QED) is 0.463. The van der Waals surface area contributed by atoms with E-state index in [1.165, 1.54) is 24.9 Å². The van der Waals surface area contributed by atoms with Crippen LogP contribution in [0.3, 0.4) is 0 Å². The lowest BCUT2D eigenvalue weighted by molar-refractivity contribution is 0.0951. The molecular formula is C22H22N4O2. The molecule has 0 saturated carbocycles. The number of Topliss-reactive ketones (excluding diaryl/α,β-unsaturated/α-hetero) is 1. The number of amides is 1. The van der Waals surface area contributed by atoms with Crippen molar-refractivity contribution < 1.29 is 9.59 Å². The Balaban J connectivity index is 1.47. The normalized spacial score (nSPS) is 10.3. The third-order valence-corrected chi connectivity index (χ3v) is 4.23. The molecule has 2 aromatic carbocycles. The first kappa shape index (κ1) is 19.2. The standard InChI is InChI=1S/C22H22N4O2/c1-16(27)18-9-11-20(12-10-18)26-22-24-14-19(15-25-22)21(28)23-13-5-8-17-6-3-2-4-7-17/h2-4,6-7,9-12,14-15H,5,8,13H2,1H3,(H,23,28)(H,24,25,26). The van der Waals surface area contributed by atoms with E-state index >= 15 is 0 Å². The second-order valence-corrected chi connectivity index (χ2v) is 6.40. The summed E-state index contributed by atoms with van der Waals surface area (Å²) in [4.78, 5) is 31.8. The fraction of sp³-hybridized carbons (Fsp3) is 0.182. The Morgan fingerprint density at radius 3 is 2.21 bits per heavy atom. The molecule has 6 nitrogen and oxygen atoms in total. The van der Waals surface area contributed by atoms with E-state index in [1.807, 2.05) is 18.2 Å². The fourth-order valence-electron chi connectivity index (χ4n) is 2.67. The summed E-state index contributed by atoms with van der Waals surface area (Å²) in [6.45, 7) is 2.12. The molecule has 0 radical (unpaired) electrons. The van der Waals surface area contributed by atoms with Gasteiger partial charge in [0.05, 0.1) is 5.56 Å². The number of rotatable bonds is 8. The van der Waals surface area contributed by atoms with E-state index in [-0.39, 0.29) is 11.7 Å². The lowest BCUT2D eigenvalue weighted by Crippen LogP contribution is -2.25. The molecule has 2 N–H and O–H groups in total. The number of ketones is 1. The van der Waals surface area contributed by atoms with E-state index in [4.69, 9.17) is 0 Å². The van der Waals surface area contributed by atoms with E-state index in [1.54, 1.807) is 24.3 Å². The van der Waals surface area contributed by atoms with Gasteiger partial charge in [-0.25, -0.2) is 9.97 Å². The maximum atomic E-state index is 12.2. The Morgan fingerprint density at radius 1 is 0.893 bits per heavy atom. The second kappa shape index (κ2) is 9.41. The van der Waals surface area contributed by atoms with Gasteiger partial charge in [-0.15, -0.1) is 0 Å². The first-order chi connectivity index (χ1) is 13.6. The number of hydrogen-bond donors (Lipinski definition) is 2. The van der Waals surface area contributed by atoms with Crippen LogP contribution in [0.25, 0.3) is 0 Å². The van der Waals surface area contributed by atoms with Gasteiger partial charge in [-0.3, -0.25) is 9.59 Å². The first-order valence-corrected chi connectivity index (χ1v) is 9.14. The van der Waals surface area contributed by atoms with Gasteiger partial charge < -0.3 is 10.6 Å². The summed E-state index contributed by atoms with van der Waals surface area (Å²) in [5.41, 5.74) is 3.08. The van der Waals surface area contributed by atoms with Crippen LogP contribution in [0.15, 0.2) is 67.0 Å². The number of carbonyl (C=O) groups is 2. The van der Waals surface area contributed by atoms with Crippen molar-refractivity contribution in [2.45, 2.75) is 19.8 Å². The van der Waals surface area contributed by atoms with Crippen molar-refractivity contribution in [2.24, 2.45) is 0 Å². The van der Waals surface area contributed by atoms with Crippen molar-refractivity contribution in [3.63, 3.8) is 0 Å². The molecule has 3 aromatic rings. The van der Waals surface area contributed by atoms with Gasteiger partial charge in [0, 0.05) is 30.2 Å². The number of nitrogens with one attached hydrogen (secondary N) is 2. The van der Waals surface area contributed by atoms with Crippen LogP contribution in [0.1, 0.15) is 39.6 Å². The Labute approximate surface area is 164 Å². The van der Waals surface area contributed by atoms with E-state index in [0.717, 1.165) is 18.5 Å². The molecule has 0 bridgehead atoms. The number of carbonyl (C=O) groups excluding carboxylic acids is 2. The predicted octanol–water partition coefficient (Wildman–Crippen LogP) is 3.79. The molecule has 1 aromatic heterocycles.